The lowest BCUT2D eigenvalue weighted by Gasteiger charge is -2.27. The Bertz CT molecular complexity index is 708. The maximum Gasteiger partial charge on any atom is 0.334 e. The van der Waals surface area contributed by atoms with Gasteiger partial charge in [0.05, 0.1) is 5.92 Å². The summed E-state index contributed by atoms with van der Waals surface area (Å²) in [7, 11) is 0. The minimum Gasteiger partial charge on any atom is -0.458 e. The van der Waals surface area contributed by atoms with Crippen LogP contribution in [0.1, 0.15) is 40.5 Å². The van der Waals surface area contributed by atoms with E-state index in [0.717, 1.165) is 5.57 Å². The molecule has 25 heavy (non-hydrogen) atoms. The van der Waals surface area contributed by atoms with E-state index in [0.29, 0.717) is 17.6 Å². The van der Waals surface area contributed by atoms with E-state index < -0.39 is 30.1 Å². The van der Waals surface area contributed by atoms with Gasteiger partial charge >= 0.3 is 11.9 Å². The molecule has 3 atom stereocenters. The minimum absolute atomic E-state index is 0.0214. The summed E-state index contributed by atoms with van der Waals surface area (Å²) in [5, 5.41) is 0. The van der Waals surface area contributed by atoms with E-state index in [2.05, 4.69) is 6.58 Å². The molecule has 1 aliphatic carbocycles. The maximum atomic E-state index is 12.3. The van der Waals surface area contributed by atoms with Crippen molar-refractivity contribution in [1.82, 2.24) is 0 Å². The van der Waals surface area contributed by atoms with Crippen molar-refractivity contribution in [3.8, 4) is 0 Å². The Balaban J connectivity index is 2.44. The average molecular weight is 344 g/mol. The first-order valence-corrected chi connectivity index (χ1v) is 8.35. The Morgan fingerprint density at radius 3 is 2.68 bits per heavy atom. The predicted molar refractivity (Wildman–Crippen MR) is 93.6 cm³/mol. The summed E-state index contributed by atoms with van der Waals surface area (Å²) < 4.78 is 11.1. The number of hydrogen-bond donors (Lipinski definition) is 0. The van der Waals surface area contributed by atoms with Crippen molar-refractivity contribution >= 4 is 17.7 Å². The number of rotatable bonds is 2. The molecule has 0 aromatic carbocycles. The number of ether oxygens (including phenoxy) is 2. The van der Waals surface area contributed by atoms with Gasteiger partial charge in [-0.15, -0.1) is 0 Å². The number of ketones is 1. The smallest absolute Gasteiger partial charge is 0.334 e. The van der Waals surface area contributed by atoms with Crippen LogP contribution in [0.4, 0.5) is 0 Å². The van der Waals surface area contributed by atoms with Crippen molar-refractivity contribution in [3.63, 3.8) is 0 Å². The normalized spacial score (nSPS) is 30.0. The maximum absolute atomic E-state index is 12.3. The summed E-state index contributed by atoms with van der Waals surface area (Å²) in [5.74, 6) is -1.48. The van der Waals surface area contributed by atoms with Crippen molar-refractivity contribution in [2.75, 3.05) is 0 Å². The summed E-state index contributed by atoms with van der Waals surface area (Å²) in [6.07, 6.45) is 4.61. The highest BCUT2D eigenvalue weighted by Crippen LogP contribution is 2.36. The van der Waals surface area contributed by atoms with Crippen LogP contribution in [-0.4, -0.2) is 29.9 Å². The third-order valence-electron chi connectivity index (χ3n) is 4.69. The third-order valence-corrected chi connectivity index (χ3v) is 4.69. The Kier molecular flexibility index (Phi) is 5.77. The molecule has 0 unspecified atom stereocenters. The highest BCUT2D eigenvalue weighted by Gasteiger charge is 2.44. The van der Waals surface area contributed by atoms with Crippen LogP contribution in [0.5, 0.6) is 0 Å². The Morgan fingerprint density at radius 2 is 2.04 bits per heavy atom. The fraction of sp³-hybridized carbons (Fsp3) is 0.450. The van der Waals surface area contributed by atoms with Gasteiger partial charge in [0.25, 0.3) is 0 Å². The average Bonchev–Trinajstić information content (AvgIpc) is 2.84. The number of hydrogen-bond acceptors (Lipinski definition) is 5. The second-order valence-corrected chi connectivity index (χ2v) is 6.57. The molecule has 0 amide bonds. The second-order valence-electron chi connectivity index (χ2n) is 6.57. The quantitative estimate of drug-likeness (QED) is 0.437. The van der Waals surface area contributed by atoms with Crippen molar-refractivity contribution in [2.45, 2.75) is 52.7 Å². The molecule has 5 heteroatoms. The molecule has 0 spiro atoms. The van der Waals surface area contributed by atoms with Crippen molar-refractivity contribution in [2.24, 2.45) is 5.92 Å². The second kappa shape index (κ2) is 7.64. The van der Waals surface area contributed by atoms with E-state index in [9.17, 15) is 14.4 Å². The van der Waals surface area contributed by atoms with E-state index in [-0.39, 0.29) is 17.8 Å². The lowest BCUT2D eigenvalue weighted by molar-refractivity contribution is -0.147. The Labute approximate surface area is 148 Å². The molecule has 0 N–H and O–H groups in total. The van der Waals surface area contributed by atoms with Gasteiger partial charge in [0.1, 0.15) is 12.2 Å². The molecule has 0 saturated carbocycles. The molecule has 0 aromatic rings. The van der Waals surface area contributed by atoms with Crippen LogP contribution in [0, 0.1) is 5.92 Å². The summed E-state index contributed by atoms with van der Waals surface area (Å²) in [5.41, 5.74) is 2.21. The Hall–Kier alpha value is -2.43. The van der Waals surface area contributed by atoms with E-state index >= 15 is 0 Å². The largest absolute Gasteiger partial charge is 0.458 e. The predicted octanol–water partition coefficient (Wildman–Crippen LogP) is 3.22. The van der Waals surface area contributed by atoms with Crippen LogP contribution in [0.2, 0.25) is 0 Å². The van der Waals surface area contributed by atoms with Crippen LogP contribution in [0.15, 0.2) is 47.1 Å². The first-order valence-electron chi connectivity index (χ1n) is 8.35. The molecular weight excluding hydrogens is 320 g/mol. The first kappa shape index (κ1) is 18.9. The van der Waals surface area contributed by atoms with Crippen LogP contribution >= 0.6 is 0 Å². The fourth-order valence-electron chi connectivity index (χ4n) is 2.94. The summed E-state index contributed by atoms with van der Waals surface area (Å²) in [6.45, 7) is 10.8. The van der Waals surface area contributed by atoms with Crippen LogP contribution in [0.25, 0.3) is 0 Å². The molecule has 1 aliphatic heterocycles. The zero-order valence-corrected chi connectivity index (χ0v) is 15.1. The number of esters is 2. The van der Waals surface area contributed by atoms with Gasteiger partial charge in [0.15, 0.2) is 5.78 Å². The molecule has 0 aromatic heterocycles. The van der Waals surface area contributed by atoms with Gasteiger partial charge in [-0.05, 0) is 39.3 Å². The molecule has 134 valence electrons. The molecular formula is C20H24O5. The molecule has 1 heterocycles. The van der Waals surface area contributed by atoms with Crippen molar-refractivity contribution < 1.29 is 23.9 Å². The van der Waals surface area contributed by atoms with Gasteiger partial charge in [-0.2, -0.15) is 0 Å². The van der Waals surface area contributed by atoms with Gasteiger partial charge < -0.3 is 9.47 Å². The van der Waals surface area contributed by atoms with Gasteiger partial charge in [0.2, 0.25) is 0 Å². The topological polar surface area (TPSA) is 69.7 Å². The third kappa shape index (κ3) is 4.16. The van der Waals surface area contributed by atoms with Crippen molar-refractivity contribution in [3.05, 3.63) is 47.1 Å². The summed E-state index contributed by atoms with van der Waals surface area (Å²) >= 11 is 0. The molecule has 5 nitrogen and oxygen atoms in total. The van der Waals surface area contributed by atoms with Crippen LogP contribution < -0.4 is 0 Å². The molecule has 0 radical (unpaired) electrons. The first-order chi connectivity index (χ1) is 11.7. The van der Waals surface area contributed by atoms with Crippen LogP contribution in [-0.2, 0) is 23.9 Å². The molecule has 1 fully saturated rings. The number of Topliss-reactive ketones (excluding diaryl/α,β-unsaturated/α-hetero) is 1. The van der Waals surface area contributed by atoms with Gasteiger partial charge in [0, 0.05) is 24.0 Å². The zero-order valence-electron chi connectivity index (χ0n) is 15.1. The number of carbonyl (C=O) groups is 3. The minimum atomic E-state index is -0.654. The van der Waals surface area contributed by atoms with E-state index in [1.165, 1.54) is 0 Å². The van der Waals surface area contributed by atoms with E-state index in [1.54, 1.807) is 32.9 Å². The van der Waals surface area contributed by atoms with E-state index in [1.807, 2.05) is 13.0 Å². The monoisotopic (exact) mass is 344 g/mol. The molecule has 2 rings (SSSR count). The van der Waals surface area contributed by atoms with Gasteiger partial charge in [-0.25, -0.2) is 9.59 Å². The van der Waals surface area contributed by atoms with E-state index in [4.69, 9.17) is 9.47 Å². The molecule has 1 saturated heterocycles. The SMILES string of the molecule is C=C1C(=O)O[C@H]2C=C(C)C(=O)C/C=C(\C)C[C@H](OC(=O)/C(C)=C/C)[C@@H]12. The highest BCUT2D eigenvalue weighted by molar-refractivity contribution is 5.96. The van der Waals surface area contributed by atoms with Gasteiger partial charge in [-0.1, -0.05) is 24.3 Å². The number of carbonyl (C=O) groups excluding carboxylic acids is 3. The standard InChI is InChI=1S/C20H24O5/c1-6-12(3)19(22)24-16-9-11(2)7-8-15(21)13(4)10-17-18(16)14(5)20(23)25-17/h6-7,10,16-18H,5,8-9H2,1-4H3/b11-7+,12-6+,13-10?/t16-,17-,18+/m0/s1. The summed E-state index contributed by atoms with van der Waals surface area (Å²) in [4.78, 5) is 36.4. The summed E-state index contributed by atoms with van der Waals surface area (Å²) in [6, 6.07) is 0. The zero-order chi connectivity index (χ0) is 18.7. The lowest BCUT2D eigenvalue weighted by atomic mass is 9.85. The van der Waals surface area contributed by atoms with Crippen LogP contribution in [0.3, 0.4) is 0 Å². The number of fused-ring (bicyclic) bond motifs is 1. The number of allylic oxidation sites excluding steroid dienone is 3. The van der Waals surface area contributed by atoms with Gasteiger partial charge in [-0.3, -0.25) is 4.79 Å². The molecule has 2 aliphatic rings. The Morgan fingerprint density at radius 1 is 1.36 bits per heavy atom. The highest BCUT2D eigenvalue weighted by atomic mass is 16.6. The molecule has 0 bridgehead atoms. The fourth-order valence-corrected chi connectivity index (χ4v) is 2.94. The lowest BCUT2D eigenvalue weighted by Crippen LogP contribution is -2.33. The van der Waals surface area contributed by atoms with Crippen molar-refractivity contribution in [1.29, 1.82) is 0 Å².